The van der Waals surface area contributed by atoms with Gasteiger partial charge in [0.15, 0.2) is 5.82 Å². The Kier molecular flexibility index (Phi) is 4.18. The molecule has 2 N–H and O–H groups in total. The minimum absolute atomic E-state index is 0.124. The molecule has 1 atom stereocenters. The second kappa shape index (κ2) is 5.99. The van der Waals surface area contributed by atoms with Gasteiger partial charge < -0.3 is 5.73 Å². The van der Waals surface area contributed by atoms with Gasteiger partial charge in [-0.3, -0.25) is 0 Å². The van der Waals surface area contributed by atoms with Gasteiger partial charge in [-0.2, -0.15) is 4.31 Å². The molecule has 7 heteroatoms. The topological polar surface area (TPSA) is 89.2 Å². The van der Waals surface area contributed by atoms with Crippen molar-refractivity contribution in [2.75, 3.05) is 19.6 Å². The fraction of sp³-hybridized carbons (Fsp3) is 0.375. The first-order chi connectivity index (χ1) is 10.9. The molecule has 3 rings (SSSR count). The Morgan fingerprint density at radius 2 is 1.87 bits per heavy atom. The zero-order valence-corrected chi connectivity index (χ0v) is 13.8. The molecule has 23 heavy (non-hydrogen) atoms. The molecule has 2 aromatic rings. The zero-order valence-electron chi connectivity index (χ0n) is 13.0. The smallest absolute Gasteiger partial charge is 0.246 e. The van der Waals surface area contributed by atoms with Gasteiger partial charge in [-0.05, 0) is 18.4 Å². The third-order valence-electron chi connectivity index (χ3n) is 4.31. The molecule has 122 valence electrons. The predicted octanol–water partition coefficient (Wildman–Crippen LogP) is 1.50. The molecule has 1 aromatic heterocycles. The number of hydrogen-bond donors (Lipinski definition) is 1. The van der Waals surface area contributed by atoms with Crippen LogP contribution in [0.5, 0.6) is 0 Å². The number of nitrogens with two attached hydrogens (primary N) is 1. The highest BCUT2D eigenvalue weighted by Gasteiger charge is 2.39. The average Bonchev–Trinajstić information content (AvgIpc) is 3.00. The van der Waals surface area contributed by atoms with Crippen LogP contribution in [0.3, 0.4) is 0 Å². The Labute approximate surface area is 136 Å². The lowest BCUT2D eigenvalue weighted by molar-refractivity contribution is 0.349. The summed E-state index contributed by atoms with van der Waals surface area (Å²) in [4.78, 5) is 8.53. The molecule has 1 fully saturated rings. The molecule has 1 saturated heterocycles. The van der Waals surface area contributed by atoms with E-state index in [1.165, 1.54) is 16.7 Å². The van der Waals surface area contributed by atoms with E-state index >= 15 is 0 Å². The molecular weight excluding hydrogens is 312 g/mol. The molecule has 0 amide bonds. The van der Waals surface area contributed by atoms with E-state index in [-0.39, 0.29) is 10.3 Å². The maximum absolute atomic E-state index is 12.7. The highest BCUT2D eigenvalue weighted by molar-refractivity contribution is 7.89. The molecule has 0 bridgehead atoms. The Morgan fingerprint density at radius 3 is 2.43 bits per heavy atom. The number of hydrogen-bond acceptors (Lipinski definition) is 5. The van der Waals surface area contributed by atoms with Crippen molar-refractivity contribution in [2.45, 2.75) is 18.2 Å². The summed E-state index contributed by atoms with van der Waals surface area (Å²) in [5.74, 6) is 0.512. The maximum atomic E-state index is 12.7. The van der Waals surface area contributed by atoms with Gasteiger partial charge in [0.05, 0.1) is 12.4 Å². The lowest BCUT2D eigenvalue weighted by atomic mass is 9.90. The quantitative estimate of drug-likeness (QED) is 0.916. The Bertz CT molecular complexity index is 777. The van der Waals surface area contributed by atoms with E-state index in [0.717, 1.165) is 12.0 Å². The van der Waals surface area contributed by atoms with Crippen LogP contribution >= 0.6 is 0 Å². The van der Waals surface area contributed by atoms with E-state index in [2.05, 4.69) is 9.97 Å². The maximum Gasteiger partial charge on any atom is 0.246 e. The van der Waals surface area contributed by atoms with Gasteiger partial charge in [0.2, 0.25) is 10.0 Å². The molecule has 0 spiro atoms. The van der Waals surface area contributed by atoms with Crippen LogP contribution in [-0.4, -0.2) is 42.3 Å². The van der Waals surface area contributed by atoms with E-state index in [0.29, 0.717) is 25.5 Å². The molecule has 1 aliphatic heterocycles. The van der Waals surface area contributed by atoms with Crippen LogP contribution in [0.15, 0.2) is 47.6 Å². The summed E-state index contributed by atoms with van der Waals surface area (Å²) in [5.41, 5.74) is 6.45. The van der Waals surface area contributed by atoms with Crippen molar-refractivity contribution in [2.24, 2.45) is 11.1 Å². The van der Waals surface area contributed by atoms with Gasteiger partial charge in [0, 0.05) is 18.7 Å². The van der Waals surface area contributed by atoms with E-state index in [1.54, 1.807) is 0 Å². The zero-order chi connectivity index (χ0) is 16.5. The van der Waals surface area contributed by atoms with E-state index in [4.69, 9.17) is 5.73 Å². The van der Waals surface area contributed by atoms with Crippen molar-refractivity contribution >= 4 is 10.0 Å². The first kappa shape index (κ1) is 16.0. The van der Waals surface area contributed by atoms with Crippen LogP contribution in [0, 0.1) is 5.41 Å². The Morgan fingerprint density at radius 1 is 1.22 bits per heavy atom. The van der Waals surface area contributed by atoms with Gasteiger partial charge >= 0.3 is 0 Å². The number of benzene rings is 1. The summed E-state index contributed by atoms with van der Waals surface area (Å²) in [7, 11) is -3.57. The predicted molar refractivity (Wildman–Crippen MR) is 88.0 cm³/mol. The first-order valence-corrected chi connectivity index (χ1v) is 8.96. The summed E-state index contributed by atoms with van der Waals surface area (Å²) >= 11 is 0. The van der Waals surface area contributed by atoms with Crippen LogP contribution in [0.1, 0.15) is 13.3 Å². The second-order valence-corrected chi connectivity index (χ2v) is 8.15. The summed E-state index contributed by atoms with van der Waals surface area (Å²) in [6.07, 6.45) is 3.53. The summed E-state index contributed by atoms with van der Waals surface area (Å²) in [6, 6.07) is 9.46. The minimum atomic E-state index is -3.57. The van der Waals surface area contributed by atoms with Crippen molar-refractivity contribution in [3.63, 3.8) is 0 Å². The second-order valence-electron chi connectivity index (χ2n) is 6.21. The van der Waals surface area contributed by atoms with Crippen molar-refractivity contribution in [3.8, 4) is 11.4 Å². The van der Waals surface area contributed by atoms with Gasteiger partial charge in [0.1, 0.15) is 4.90 Å². The molecular formula is C16H20N4O2S. The standard InChI is InChI=1S/C16H20N4O2S/c1-16(11-17)7-8-20(12-16)23(21,22)14-9-18-15(19-10-14)13-5-3-2-4-6-13/h2-6,9-10H,7-8,11-12,17H2,1H3. The van der Waals surface area contributed by atoms with Crippen LogP contribution in [-0.2, 0) is 10.0 Å². The van der Waals surface area contributed by atoms with Crippen molar-refractivity contribution in [1.29, 1.82) is 0 Å². The fourth-order valence-corrected chi connectivity index (χ4v) is 4.17. The van der Waals surface area contributed by atoms with Crippen molar-refractivity contribution in [3.05, 3.63) is 42.7 Å². The summed E-state index contributed by atoms with van der Waals surface area (Å²) < 4.78 is 26.9. The van der Waals surface area contributed by atoms with Crippen LogP contribution < -0.4 is 5.73 Å². The van der Waals surface area contributed by atoms with Crippen molar-refractivity contribution < 1.29 is 8.42 Å². The lowest BCUT2D eigenvalue weighted by Gasteiger charge is -2.22. The van der Waals surface area contributed by atoms with Gasteiger partial charge in [-0.15, -0.1) is 0 Å². The highest BCUT2D eigenvalue weighted by atomic mass is 32.2. The summed E-state index contributed by atoms with van der Waals surface area (Å²) in [5, 5.41) is 0. The Balaban J connectivity index is 1.84. The molecule has 2 heterocycles. The molecule has 6 nitrogen and oxygen atoms in total. The highest BCUT2D eigenvalue weighted by Crippen LogP contribution is 2.32. The van der Waals surface area contributed by atoms with Crippen LogP contribution in [0.2, 0.25) is 0 Å². The summed E-state index contributed by atoms with van der Waals surface area (Å²) in [6.45, 7) is 3.41. The molecule has 0 radical (unpaired) electrons. The molecule has 1 unspecified atom stereocenters. The average molecular weight is 332 g/mol. The van der Waals surface area contributed by atoms with Gasteiger partial charge in [-0.25, -0.2) is 18.4 Å². The van der Waals surface area contributed by atoms with E-state index in [1.807, 2.05) is 37.3 Å². The van der Waals surface area contributed by atoms with Crippen LogP contribution in [0.4, 0.5) is 0 Å². The molecule has 0 aliphatic carbocycles. The van der Waals surface area contributed by atoms with Gasteiger partial charge in [-0.1, -0.05) is 37.3 Å². The Hall–Kier alpha value is -1.83. The number of nitrogens with zero attached hydrogens (tertiary/aromatic N) is 3. The third kappa shape index (κ3) is 3.12. The molecule has 1 aromatic carbocycles. The monoisotopic (exact) mass is 332 g/mol. The number of rotatable bonds is 4. The van der Waals surface area contributed by atoms with Crippen molar-refractivity contribution in [1.82, 2.24) is 14.3 Å². The fourth-order valence-electron chi connectivity index (χ4n) is 2.69. The normalized spacial score (nSPS) is 22.3. The SMILES string of the molecule is CC1(CN)CCN(S(=O)(=O)c2cnc(-c3ccccc3)nc2)C1. The van der Waals surface area contributed by atoms with E-state index in [9.17, 15) is 8.42 Å². The lowest BCUT2D eigenvalue weighted by Crippen LogP contribution is -2.34. The first-order valence-electron chi connectivity index (χ1n) is 7.52. The number of sulfonamides is 1. The number of aromatic nitrogens is 2. The minimum Gasteiger partial charge on any atom is -0.330 e. The van der Waals surface area contributed by atoms with Gasteiger partial charge in [0.25, 0.3) is 0 Å². The molecule has 0 saturated carbocycles. The largest absolute Gasteiger partial charge is 0.330 e. The molecule has 1 aliphatic rings. The van der Waals surface area contributed by atoms with E-state index < -0.39 is 10.0 Å². The van der Waals surface area contributed by atoms with Crippen LogP contribution in [0.25, 0.3) is 11.4 Å². The third-order valence-corrected chi connectivity index (χ3v) is 6.11.